The molecule has 1 aromatic heterocycles. The van der Waals surface area contributed by atoms with Crippen LogP contribution in [0.15, 0.2) is 42.7 Å². The maximum absolute atomic E-state index is 12.8. The van der Waals surface area contributed by atoms with Gasteiger partial charge in [0, 0.05) is 37.7 Å². The summed E-state index contributed by atoms with van der Waals surface area (Å²) < 4.78 is 33.3. The van der Waals surface area contributed by atoms with E-state index in [9.17, 15) is 18.3 Å². The average Bonchev–Trinajstić information content (AvgIpc) is 3.29. The first-order valence-corrected chi connectivity index (χ1v) is 12.4. The van der Waals surface area contributed by atoms with Crippen LogP contribution in [0.4, 0.5) is 9.93 Å². The molecule has 0 radical (unpaired) electrons. The molecule has 0 saturated heterocycles. The number of nitrogens with zero attached hydrogens (tertiary/aromatic N) is 4. The molecule has 3 heterocycles. The lowest BCUT2D eigenvalue weighted by Gasteiger charge is -2.31. The van der Waals surface area contributed by atoms with Gasteiger partial charge in [0.25, 0.3) is 0 Å². The highest BCUT2D eigenvalue weighted by molar-refractivity contribution is 7.90. The normalized spacial score (nSPS) is 16.3. The number of nitrogens with one attached hydrogen (secondary N) is 1. The molecule has 0 saturated carbocycles. The molecule has 2 aliphatic heterocycles. The van der Waals surface area contributed by atoms with Gasteiger partial charge in [-0.05, 0) is 46.2 Å². The maximum atomic E-state index is 12.8. The van der Waals surface area contributed by atoms with Gasteiger partial charge < -0.3 is 10.0 Å². The van der Waals surface area contributed by atoms with Gasteiger partial charge >= 0.3 is 16.3 Å². The SMILES string of the molecule is O=C(O)N1CCc2c(cccc2-c2cccc3c2CCN(S(=O)(=O)Nc2ncns2)C3)C1. The number of amides is 1. The Labute approximate surface area is 189 Å². The van der Waals surface area contributed by atoms with Crippen molar-refractivity contribution in [2.24, 2.45) is 0 Å². The van der Waals surface area contributed by atoms with E-state index in [1.54, 1.807) is 0 Å². The predicted molar refractivity (Wildman–Crippen MR) is 121 cm³/mol. The minimum absolute atomic E-state index is 0.246. The summed E-state index contributed by atoms with van der Waals surface area (Å²) in [6, 6.07) is 12.0. The zero-order valence-corrected chi connectivity index (χ0v) is 18.7. The highest BCUT2D eigenvalue weighted by Crippen LogP contribution is 2.36. The number of rotatable bonds is 4. The van der Waals surface area contributed by atoms with E-state index in [2.05, 4.69) is 26.2 Å². The van der Waals surface area contributed by atoms with Crippen LogP contribution in [0.5, 0.6) is 0 Å². The number of hydrogen-bond donors (Lipinski definition) is 2. The fourth-order valence-electron chi connectivity index (χ4n) is 4.46. The van der Waals surface area contributed by atoms with Crippen LogP contribution in [-0.2, 0) is 36.1 Å². The molecule has 166 valence electrons. The van der Waals surface area contributed by atoms with Crippen LogP contribution >= 0.6 is 11.5 Å². The minimum atomic E-state index is -3.73. The Morgan fingerprint density at radius 2 is 1.66 bits per heavy atom. The van der Waals surface area contributed by atoms with Gasteiger partial charge in [-0.1, -0.05) is 36.4 Å². The van der Waals surface area contributed by atoms with E-state index in [1.807, 2.05) is 24.3 Å². The van der Waals surface area contributed by atoms with Crippen LogP contribution in [0.3, 0.4) is 0 Å². The molecule has 11 heteroatoms. The van der Waals surface area contributed by atoms with Crippen molar-refractivity contribution in [3.8, 4) is 11.1 Å². The highest BCUT2D eigenvalue weighted by atomic mass is 32.2. The van der Waals surface area contributed by atoms with Gasteiger partial charge in [0.1, 0.15) is 6.33 Å². The number of anilines is 1. The van der Waals surface area contributed by atoms with Crippen molar-refractivity contribution in [3.63, 3.8) is 0 Å². The number of aromatic nitrogens is 2. The number of benzene rings is 2. The molecule has 2 N–H and O–H groups in total. The molecule has 2 aliphatic rings. The van der Waals surface area contributed by atoms with E-state index >= 15 is 0 Å². The van der Waals surface area contributed by atoms with Crippen LogP contribution in [-0.4, -0.2) is 51.3 Å². The Morgan fingerprint density at radius 3 is 2.28 bits per heavy atom. The molecular weight excluding hydrogens is 450 g/mol. The van der Waals surface area contributed by atoms with Crippen molar-refractivity contribution in [1.29, 1.82) is 0 Å². The maximum Gasteiger partial charge on any atom is 0.407 e. The molecule has 0 aliphatic carbocycles. The molecule has 0 spiro atoms. The summed E-state index contributed by atoms with van der Waals surface area (Å²) in [5.41, 5.74) is 6.51. The van der Waals surface area contributed by atoms with Crippen LogP contribution in [0.2, 0.25) is 0 Å². The second-order valence-corrected chi connectivity index (χ2v) is 10.2. The Morgan fingerprint density at radius 1 is 1.00 bits per heavy atom. The monoisotopic (exact) mass is 471 g/mol. The summed E-state index contributed by atoms with van der Waals surface area (Å²) in [6.07, 6.45) is 1.67. The van der Waals surface area contributed by atoms with Crippen LogP contribution in [0, 0.1) is 0 Å². The van der Waals surface area contributed by atoms with Crippen molar-refractivity contribution in [3.05, 3.63) is 65.0 Å². The first-order chi connectivity index (χ1) is 15.4. The summed E-state index contributed by atoms with van der Waals surface area (Å²) in [4.78, 5) is 16.7. The van der Waals surface area contributed by atoms with E-state index in [-0.39, 0.29) is 11.7 Å². The molecular formula is C21H21N5O4S2. The standard InChI is InChI=1S/C21H21N5O4S2/c27-21(28)25-9-7-16-14(11-25)3-1-5-18(16)19-6-2-4-15-12-26(10-8-17(15)19)32(29,30)24-20-22-13-23-31-20/h1-6,13H,7-12H2,(H,27,28)(H,22,23,24). The van der Waals surface area contributed by atoms with E-state index in [1.165, 1.54) is 21.1 Å². The summed E-state index contributed by atoms with van der Waals surface area (Å²) >= 11 is 0.996. The third kappa shape index (κ3) is 3.83. The number of carbonyl (C=O) groups is 1. The summed E-state index contributed by atoms with van der Waals surface area (Å²) in [6.45, 7) is 1.49. The van der Waals surface area contributed by atoms with Gasteiger partial charge in [-0.2, -0.15) is 17.1 Å². The number of hydrogen-bond acceptors (Lipinski definition) is 6. The quantitative estimate of drug-likeness (QED) is 0.604. The van der Waals surface area contributed by atoms with E-state index in [0.717, 1.165) is 39.3 Å². The summed E-state index contributed by atoms with van der Waals surface area (Å²) in [5.74, 6) is 0. The van der Waals surface area contributed by atoms with Crippen LogP contribution in [0.1, 0.15) is 22.3 Å². The van der Waals surface area contributed by atoms with E-state index in [4.69, 9.17) is 0 Å². The lowest BCUT2D eigenvalue weighted by atomic mass is 9.86. The second kappa shape index (κ2) is 8.15. The number of fused-ring (bicyclic) bond motifs is 2. The van der Waals surface area contributed by atoms with Crippen molar-refractivity contribution >= 4 is 33.0 Å². The van der Waals surface area contributed by atoms with Gasteiger partial charge in [-0.15, -0.1) is 0 Å². The topological polar surface area (TPSA) is 116 Å². The Balaban J connectivity index is 1.45. The molecule has 3 aromatic rings. The smallest absolute Gasteiger partial charge is 0.407 e. The Hall–Kier alpha value is -3.02. The molecule has 0 unspecified atom stereocenters. The van der Waals surface area contributed by atoms with Crippen molar-refractivity contribution in [1.82, 2.24) is 18.6 Å². The van der Waals surface area contributed by atoms with Crippen molar-refractivity contribution in [2.75, 3.05) is 17.8 Å². The highest BCUT2D eigenvalue weighted by Gasteiger charge is 2.30. The summed E-state index contributed by atoms with van der Waals surface area (Å²) in [5, 5.41) is 9.59. The first-order valence-electron chi connectivity index (χ1n) is 10.2. The fraction of sp³-hybridized carbons (Fsp3) is 0.286. The average molecular weight is 472 g/mol. The second-order valence-electron chi connectivity index (χ2n) is 7.78. The molecule has 1 amide bonds. The van der Waals surface area contributed by atoms with Gasteiger partial charge in [0.15, 0.2) is 0 Å². The molecule has 2 aromatic carbocycles. The molecule has 5 rings (SSSR count). The van der Waals surface area contributed by atoms with E-state index < -0.39 is 16.3 Å². The minimum Gasteiger partial charge on any atom is -0.465 e. The predicted octanol–water partition coefficient (Wildman–Crippen LogP) is 2.96. The lowest BCUT2D eigenvalue weighted by molar-refractivity contribution is 0.140. The first kappa shape index (κ1) is 20.9. The van der Waals surface area contributed by atoms with Gasteiger partial charge in [0.05, 0.1) is 0 Å². The largest absolute Gasteiger partial charge is 0.465 e. The molecule has 0 atom stereocenters. The zero-order chi connectivity index (χ0) is 22.3. The Bertz CT molecular complexity index is 1280. The van der Waals surface area contributed by atoms with Gasteiger partial charge in [-0.25, -0.2) is 14.5 Å². The third-order valence-corrected chi connectivity index (χ3v) is 8.13. The van der Waals surface area contributed by atoms with Crippen molar-refractivity contribution in [2.45, 2.75) is 25.9 Å². The van der Waals surface area contributed by atoms with Crippen molar-refractivity contribution < 1.29 is 18.3 Å². The Kier molecular flexibility index (Phi) is 5.31. The zero-order valence-electron chi connectivity index (χ0n) is 17.1. The lowest BCUT2D eigenvalue weighted by Crippen LogP contribution is -2.39. The fourth-order valence-corrected chi connectivity index (χ4v) is 6.26. The van der Waals surface area contributed by atoms with Gasteiger partial charge in [0.2, 0.25) is 5.13 Å². The summed E-state index contributed by atoms with van der Waals surface area (Å²) in [7, 11) is -3.73. The van der Waals surface area contributed by atoms with E-state index in [0.29, 0.717) is 32.5 Å². The molecule has 9 nitrogen and oxygen atoms in total. The molecule has 0 bridgehead atoms. The number of carboxylic acid groups (broad SMARTS) is 1. The molecule has 32 heavy (non-hydrogen) atoms. The molecule has 0 fully saturated rings. The third-order valence-electron chi connectivity index (χ3n) is 5.98. The van der Waals surface area contributed by atoms with Crippen LogP contribution in [0.25, 0.3) is 11.1 Å². The van der Waals surface area contributed by atoms with Crippen LogP contribution < -0.4 is 4.72 Å². The van der Waals surface area contributed by atoms with Gasteiger partial charge in [-0.3, -0.25) is 0 Å².